The summed E-state index contributed by atoms with van der Waals surface area (Å²) in [7, 11) is 0. The van der Waals surface area contributed by atoms with E-state index >= 15 is 0 Å². The molecule has 2 aromatic carbocycles. The maximum atomic E-state index is 9.04. The zero-order valence-corrected chi connectivity index (χ0v) is 11.3. The molecule has 0 heterocycles. The van der Waals surface area contributed by atoms with Gasteiger partial charge in [-0.2, -0.15) is 0 Å². The first-order chi connectivity index (χ1) is 9.81. The van der Waals surface area contributed by atoms with E-state index in [1.54, 1.807) is 0 Å². The van der Waals surface area contributed by atoms with Crippen molar-refractivity contribution in [2.45, 2.75) is 13.2 Å². The predicted molar refractivity (Wildman–Crippen MR) is 77.7 cm³/mol. The van der Waals surface area contributed by atoms with Gasteiger partial charge in [0.1, 0.15) is 24.7 Å². The largest absolute Gasteiger partial charge is 0.490 e. The molecule has 0 amide bonds. The lowest BCUT2D eigenvalue weighted by atomic mass is 10.2. The monoisotopic (exact) mass is 273 g/mol. The summed E-state index contributed by atoms with van der Waals surface area (Å²) < 4.78 is 11.2. The zero-order chi connectivity index (χ0) is 14.2. The van der Waals surface area contributed by atoms with Crippen molar-refractivity contribution < 1.29 is 14.6 Å². The minimum Gasteiger partial charge on any atom is -0.490 e. The maximum Gasteiger partial charge on any atom is 0.122 e. The smallest absolute Gasteiger partial charge is 0.122 e. The van der Waals surface area contributed by atoms with E-state index in [0.717, 1.165) is 22.6 Å². The lowest BCUT2D eigenvalue weighted by Crippen LogP contribution is -2.09. The van der Waals surface area contributed by atoms with Gasteiger partial charge in [0.15, 0.2) is 0 Å². The Morgan fingerprint density at radius 3 is 1.95 bits per heavy atom. The van der Waals surface area contributed by atoms with Gasteiger partial charge in [0.25, 0.3) is 0 Å². The number of aliphatic hydroxyl groups excluding tert-OH is 1. The van der Waals surface area contributed by atoms with Crippen LogP contribution < -0.4 is 15.2 Å². The number of hydrogen-bond acceptors (Lipinski definition) is 4. The van der Waals surface area contributed by atoms with Crippen LogP contribution in [0.15, 0.2) is 48.5 Å². The lowest BCUT2D eigenvalue weighted by molar-refractivity contribution is 0.216. The van der Waals surface area contributed by atoms with Crippen molar-refractivity contribution in [2.24, 2.45) is 5.73 Å². The summed E-state index contributed by atoms with van der Waals surface area (Å²) in [5.41, 5.74) is 7.45. The molecule has 0 aromatic heterocycles. The Hall–Kier alpha value is -2.04. The topological polar surface area (TPSA) is 64.7 Å². The highest BCUT2D eigenvalue weighted by molar-refractivity contribution is 5.29. The van der Waals surface area contributed by atoms with E-state index in [-0.39, 0.29) is 6.61 Å². The summed E-state index contributed by atoms with van der Waals surface area (Å²) in [6.07, 6.45) is 0. The molecule has 4 heteroatoms. The fourth-order valence-electron chi connectivity index (χ4n) is 1.81. The van der Waals surface area contributed by atoms with Crippen molar-refractivity contribution in [2.75, 3.05) is 13.2 Å². The van der Waals surface area contributed by atoms with Crippen LogP contribution in [-0.4, -0.2) is 18.3 Å². The van der Waals surface area contributed by atoms with Gasteiger partial charge in [-0.05, 0) is 35.4 Å². The number of nitrogens with two attached hydrogens (primary N) is 1. The third-order valence-corrected chi connectivity index (χ3v) is 2.84. The number of benzene rings is 2. The Bertz CT molecular complexity index is 493. The van der Waals surface area contributed by atoms with Gasteiger partial charge in [0.2, 0.25) is 0 Å². The van der Waals surface area contributed by atoms with Crippen LogP contribution in [0.25, 0.3) is 0 Å². The van der Waals surface area contributed by atoms with Gasteiger partial charge in [-0.15, -0.1) is 0 Å². The summed E-state index contributed by atoms with van der Waals surface area (Å²) in [4.78, 5) is 0. The Balaban J connectivity index is 1.78. The van der Waals surface area contributed by atoms with Gasteiger partial charge in [0.05, 0.1) is 6.61 Å². The first-order valence-electron chi connectivity index (χ1n) is 6.56. The van der Waals surface area contributed by atoms with E-state index in [4.69, 9.17) is 20.3 Å². The summed E-state index contributed by atoms with van der Waals surface area (Å²) in [5.74, 6) is 1.52. The molecule has 106 valence electrons. The van der Waals surface area contributed by atoms with Gasteiger partial charge < -0.3 is 20.3 Å². The minimum absolute atomic E-state index is 0.0135. The molecule has 0 aliphatic heterocycles. The minimum atomic E-state index is 0.0135. The van der Waals surface area contributed by atoms with Crippen molar-refractivity contribution in [3.63, 3.8) is 0 Å². The molecule has 4 nitrogen and oxygen atoms in total. The van der Waals surface area contributed by atoms with Gasteiger partial charge in [-0.25, -0.2) is 0 Å². The average molecular weight is 273 g/mol. The van der Waals surface area contributed by atoms with Gasteiger partial charge in [0, 0.05) is 6.54 Å². The van der Waals surface area contributed by atoms with E-state index in [1.807, 2.05) is 48.5 Å². The van der Waals surface area contributed by atoms with Crippen molar-refractivity contribution >= 4 is 0 Å². The molecule has 0 saturated heterocycles. The van der Waals surface area contributed by atoms with Crippen molar-refractivity contribution in [1.29, 1.82) is 0 Å². The second-order valence-corrected chi connectivity index (χ2v) is 4.35. The van der Waals surface area contributed by atoms with Gasteiger partial charge in [-0.3, -0.25) is 0 Å². The molecule has 0 atom stereocenters. The lowest BCUT2D eigenvalue weighted by Gasteiger charge is -2.09. The molecule has 0 aliphatic carbocycles. The Morgan fingerprint density at radius 2 is 1.40 bits per heavy atom. The Labute approximate surface area is 118 Å². The first-order valence-corrected chi connectivity index (χ1v) is 6.56. The van der Waals surface area contributed by atoms with Crippen LogP contribution in [0.4, 0.5) is 0 Å². The normalized spacial score (nSPS) is 10.3. The molecular weight excluding hydrogens is 254 g/mol. The molecule has 0 spiro atoms. The van der Waals surface area contributed by atoms with Crippen LogP contribution in [0.5, 0.6) is 11.5 Å². The summed E-state index contributed by atoms with van der Waals surface area (Å²) >= 11 is 0. The summed E-state index contributed by atoms with van der Waals surface area (Å²) in [6, 6.07) is 15.1. The quantitative estimate of drug-likeness (QED) is 0.758. The van der Waals surface area contributed by atoms with Crippen LogP contribution >= 0.6 is 0 Å². The molecule has 0 fully saturated rings. The van der Waals surface area contributed by atoms with E-state index < -0.39 is 0 Å². The third kappa shape index (κ3) is 4.26. The zero-order valence-electron chi connectivity index (χ0n) is 11.3. The molecule has 3 N–H and O–H groups in total. The fourth-order valence-corrected chi connectivity index (χ4v) is 1.81. The molecule has 20 heavy (non-hydrogen) atoms. The number of rotatable bonds is 7. The maximum absolute atomic E-state index is 9.04. The van der Waals surface area contributed by atoms with E-state index in [2.05, 4.69) is 0 Å². The first kappa shape index (κ1) is 14.4. The average Bonchev–Trinajstić information content (AvgIpc) is 2.52. The third-order valence-electron chi connectivity index (χ3n) is 2.84. The molecule has 0 saturated carbocycles. The number of aliphatic hydroxyl groups is 1. The molecule has 0 bridgehead atoms. The standard InChI is InChI=1S/C16H19NO3/c17-11-13-3-1-5-15(9-13)19-7-8-20-16-6-2-4-14(10-16)12-18/h1-6,9-10,18H,7-8,11-12,17H2. The van der Waals surface area contributed by atoms with Crippen molar-refractivity contribution in [3.05, 3.63) is 59.7 Å². The molecule has 2 rings (SSSR count). The Morgan fingerprint density at radius 1 is 0.850 bits per heavy atom. The van der Waals surface area contributed by atoms with Crippen molar-refractivity contribution in [3.8, 4) is 11.5 Å². The van der Waals surface area contributed by atoms with Crippen LogP contribution in [0.2, 0.25) is 0 Å². The van der Waals surface area contributed by atoms with Gasteiger partial charge in [-0.1, -0.05) is 24.3 Å². The van der Waals surface area contributed by atoms with Crippen molar-refractivity contribution in [1.82, 2.24) is 0 Å². The van der Waals surface area contributed by atoms with Crippen LogP contribution in [0.1, 0.15) is 11.1 Å². The molecule has 0 aliphatic rings. The van der Waals surface area contributed by atoms with E-state index in [0.29, 0.717) is 19.8 Å². The highest BCUT2D eigenvalue weighted by Gasteiger charge is 1.98. The summed E-state index contributed by atoms with van der Waals surface area (Å²) in [6.45, 7) is 1.42. The second kappa shape index (κ2) is 7.53. The fraction of sp³-hybridized carbons (Fsp3) is 0.250. The van der Waals surface area contributed by atoms with Crippen LogP contribution in [0.3, 0.4) is 0 Å². The SMILES string of the molecule is NCc1cccc(OCCOc2cccc(CO)c2)c1. The number of ether oxygens (including phenoxy) is 2. The molecular formula is C16H19NO3. The van der Waals surface area contributed by atoms with E-state index in [1.165, 1.54) is 0 Å². The molecule has 2 aromatic rings. The van der Waals surface area contributed by atoms with E-state index in [9.17, 15) is 0 Å². The highest BCUT2D eigenvalue weighted by Crippen LogP contribution is 2.14. The predicted octanol–water partition coefficient (Wildman–Crippen LogP) is 2.10. The Kier molecular flexibility index (Phi) is 5.41. The number of hydrogen-bond donors (Lipinski definition) is 2. The second-order valence-electron chi connectivity index (χ2n) is 4.35. The molecule has 0 unspecified atom stereocenters. The summed E-state index contributed by atoms with van der Waals surface area (Å²) in [5, 5.41) is 9.04. The highest BCUT2D eigenvalue weighted by atomic mass is 16.5. The molecule has 0 radical (unpaired) electrons. The van der Waals surface area contributed by atoms with Crippen LogP contribution in [-0.2, 0) is 13.2 Å². The van der Waals surface area contributed by atoms with Crippen LogP contribution in [0, 0.1) is 0 Å². The van der Waals surface area contributed by atoms with Gasteiger partial charge >= 0.3 is 0 Å².